The van der Waals surface area contributed by atoms with Crippen LogP contribution < -0.4 is 10.6 Å². The van der Waals surface area contributed by atoms with Crippen molar-refractivity contribution in [3.05, 3.63) is 94.0 Å². The molecule has 1 aliphatic carbocycles. The molecule has 2 atom stereocenters. The summed E-state index contributed by atoms with van der Waals surface area (Å²) in [4.78, 5) is 52.9. The number of halogens is 28. The van der Waals surface area contributed by atoms with Gasteiger partial charge in [-0.3, -0.25) is 19.2 Å². The number of carbonyl (C=O) groups excluding carboxylic acids is 4. The Balaban J connectivity index is 1.75. The Morgan fingerprint density at radius 1 is 0.420 bits per heavy atom. The van der Waals surface area contributed by atoms with Gasteiger partial charge in [-0.2, -0.15) is 101 Å². The van der Waals surface area contributed by atoms with Crippen molar-refractivity contribution in [1.82, 2.24) is 0 Å². The Hall–Kier alpha value is -4.94. The highest BCUT2D eigenvalue weighted by Gasteiger charge is 2.95. The molecule has 4 rings (SSSR count). The standard InChI is InChI=1S/C35H12Cl3F25N2O4/c36-25(43,28(47,48)26(37,44)34(38,59)60)24(41,42)22(69)65-16-10-9-15(17-18(16)20(67)14-4-2-1-3-13(14)19(17)66)64-21(68)11-5-7-12(8-6-11)23(39,40)27(45,46)29(49,50)30(51,52)31(53,54)32(55,56)33(57,58)35(61,62)63/h1-10H,(H,64,68)(H,65,69). The van der Waals surface area contributed by atoms with Gasteiger partial charge in [0.15, 0.2) is 11.6 Å². The highest BCUT2D eigenvalue weighted by molar-refractivity contribution is 6.35. The van der Waals surface area contributed by atoms with Gasteiger partial charge in [-0.15, -0.1) is 0 Å². The first-order chi connectivity index (χ1) is 30.5. The zero-order valence-electron chi connectivity index (χ0n) is 31.5. The molecule has 1 aliphatic rings. The van der Waals surface area contributed by atoms with Gasteiger partial charge in [-0.05, 0) is 35.9 Å². The van der Waals surface area contributed by atoms with Gasteiger partial charge in [0.2, 0.25) is 0 Å². The van der Waals surface area contributed by atoms with Crippen LogP contribution in [0.3, 0.4) is 0 Å². The van der Waals surface area contributed by atoms with E-state index in [-0.39, 0.29) is 18.2 Å². The molecule has 0 heterocycles. The van der Waals surface area contributed by atoms with Crippen molar-refractivity contribution >= 4 is 69.6 Å². The molecule has 6 nitrogen and oxygen atoms in total. The largest absolute Gasteiger partial charge is 0.460 e. The molecule has 0 spiro atoms. The molecule has 0 aliphatic heterocycles. The Morgan fingerprint density at radius 3 is 1.16 bits per heavy atom. The first kappa shape index (κ1) is 56.6. The molecule has 382 valence electrons. The molecule has 69 heavy (non-hydrogen) atoms. The third-order valence-electron chi connectivity index (χ3n) is 9.63. The summed E-state index contributed by atoms with van der Waals surface area (Å²) in [6.07, 6.45) is -7.98. The second-order valence-electron chi connectivity index (χ2n) is 13.9. The van der Waals surface area contributed by atoms with E-state index in [1.165, 1.54) is 0 Å². The number of benzene rings is 3. The minimum Gasteiger partial charge on any atom is -0.321 e. The monoisotopic (exact) mass is 1100 g/mol. The third kappa shape index (κ3) is 7.94. The predicted molar refractivity (Wildman–Crippen MR) is 182 cm³/mol. The Kier molecular flexibility index (Phi) is 13.6. The van der Waals surface area contributed by atoms with Gasteiger partial charge in [0.1, 0.15) is 0 Å². The summed E-state index contributed by atoms with van der Waals surface area (Å²) in [5.74, 6) is -80.9. The lowest BCUT2D eigenvalue weighted by molar-refractivity contribution is -0.462. The van der Waals surface area contributed by atoms with E-state index < -0.39 is 155 Å². The van der Waals surface area contributed by atoms with Crippen LogP contribution >= 0.6 is 34.8 Å². The molecule has 2 N–H and O–H groups in total. The van der Waals surface area contributed by atoms with Crippen molar-refractivity contribution < 1.29 is 129 Å². The molecule has 0 aromatic heterocycles. The maximum atomic E-state index is 15.0. The quantitative estimate of drug-likeness (QED) is 0.0916. The summed E-state index contributed by atoms with van der Waals surface area (Å²) in [6.45, 7) is 0. The Bertz CT molecular complexity index is 2580. The molecule has 0 saturated heterocycles. The summed E-state index contributed by atoms with van der Waals surface area (Å²) in [5.41, 5.74) is -10.5. The van der Waals surface area contributed by atoms with E-state index in [0.717, 1.165) is 29.6 Å². The van der Waals surface area contributed by atoms with Crippen molar-refractivity contribution in [2.75, 3.05) is 10.6 Å². The Labute approximate surface area is 378 Å². The fourth-order valence-electron chi connectivity index (χ4n) is 5.72. The highest BCUT2D eigenvalue weighted by Crippen LogP contribution is 2.65. The number of hydrogen-bond acceptors (Lipinski definition) is 4. The second-order valence-corrected chi connectivity index (χ2v) is 15.4. The van der Waals surface area contributed by atoms with E-state index in [1.807, 2.05) is 0 Å². The first-order valence-electron chi connectivity index (χ1n) is 16.9. The topological polar surface area (TPSA) is 92.3 Å². The van der Waals surface area contributed by atoms with Crippen LogP contribution in [0.1, 0.15) is 47.8 Å². The summed E-state index contributed by atoms with van der Waals surface area (Å²) in [7, 11) is 0. The number of hydrogen-bond donors (Lipinski definition) is 2. The zero-order valence-corrected chi connectivity index (χ0v) is 33.8. The molecule has 0 saturated carbocycles. The van der Waals surface area contributed by atoms with E-state index in [1.54, 1.807) is 5.32 Å². The lowest BCUT2D eigenvalue weighted by atomic mass is 9.82. The molecule has 3 aromatic rings. The average Bonchev–Trinajstić information content (AvgIpc) is 3.21. The van der Waals surface area contributed by atoms with Crippen LogP contribution in [-0.4, -0.2) is 92.6 Å². The Morgan fingerprint density at radius 2 is 0.783 bits per heavy atom. The molecular formula is C35H12Cl3F25N2O4. The average molecular weight is 1110 g/mol. The summed E-state index contributed by atoms with van der Waals surface area (Å²) in [6, 6.07) is 2.76. The van der Waals surface area contributed by atoms with E-state index >= 15 is 8.78 Å². The molecule has 2 amide bonds. The van der Waals surface area contributed by atoms with Gasteiger partial charge in [-0.1, -0.05) is 59.6 Å². The minimum atomic E-state index is -8.92. The van der Waals surface area contributed by atoms with E-state index in [2.05, 4.69) is 34.8 Å². The van der Waals surface area contributed by atoms with Crippen LogP contribution in [0.2, 0.25) is 0 Å². The van der Waals surface area contributed by atoms with Gasteiger partial charge in [0.05, 0.1) is 22.5 Å². The number of fused-ring (bicyclic) bond motifs is 2. The number of ketones is 2. The smallest absolute Gasteiger partial charge is 0.321 e. The van der Waals surface area contributed by atoms with Crippen molar-refractivity contribution in [3.8, 4) is 0 Å². The van der Waals surface area contributed by atoms with Crippen LogP contribution in [0.25, 0.3) is 0 Å². The lowest BCUT2D eigenvalue weighted by Crippen LogP contribution is -2.74. The van der Waals surface area contributed by atoms with E-state index in [0.29, 0.717) is 6.07 Å². The second kappa shape index (κ2) is 16.6. The van der Waals surface area contributed by atoms with Crippen LogP contribution in [0, 0.1) is 0 Å². The van der Waals surface area contributed by atoms with Crippen LogP contribution in [-0.2, 0) is 10.7 Å². The van der Waals surface area contributed by atoms with Crippen LogP contribution in [0.15, 0.2) is 60.7 Å². The fourth-order valence-corrected chi connectivity index (χ4v) is 6.23. The SMILES string of the molecule is O=C(Nc1ccc(NC(=O)C(F)(F)C(F)(Cl)C(F)(F)C(F)(Cl)C(F)(F)Cl)c2c1C(=O)c1ccccc1C2=O)c1ccc(C(F)(F)C(F)(F)C(F)(F)C(F)(F)C(F)(F)C(F)(F)C(F)(F)C(F)(F)F)cc1. The number of carbonyl (C=O) groups is 4. The number of amides is 2. The third-order valence-corrected chi connectivity index (χ3v) is 10.9. The highest BCUT2D eigenvalue weighted by atomic mass is 35.5. The predicted octanol–water partition coefficient (Wildman–Crippen LogP) is 13.0. The molecule has 0 bridgehead atoms. The first-order valence-corrected chi connectivity index (χ1v) is 18.1. The molecule has 34 heteroatoms. The summed E-state index contributed by atoms with van der Waals surface area (Å²) < 4.78 is 349. The maximum absolute atomic E-state index is 15.0. The van der Waals surface area contributed by atoms with Crippen molar-refractivity contribution in [2.45, 2.75) is 75.1 Å². The zero-order chi connectivity index (χ0) is 53.9. The van der Waals surface area contributed by atoms with Gasteiger partial charge in [-0.25, -0.2) is 8.78 Å². The fraction of sp³-hybridized carbons (Fsp3) is 0.371. The van der Waals surface area contributed by atoms with Gasteiger partial charge in [0, 0.05) is 22.3 Å². The van der Waals surface area contributed by atoms with Gasteiger partial charge in [0.25, 0.3) is 11.8 Å². The van der Waals surface area contributed by atoms with E-state index in [9.17, 15) is 120 Å². The normalized spacial score (nSPS) is 16.8. The minimum absolute atomic E-state index is 0.166. The summed E-state index contributed by atoms with van der Waals surface area (Å²) >= 11 is 12.8. The number of alkyl halides is 28. The van der Waals surface area contributed by atoms with Crippen molar-refractivity contribution in [3.63, 3.8) is 0 Å². The maximum Gasteiger partial charge on any atom is 0.460 e. The van der Waals surface area contributed by atoms with E-state index in [4.69, 9.17) is 0 Å². The number of nitrogens with one attached hydrogen (secondary N) is 2. The van der Waals surface area contributed by atoms with Crippen molar-refractivity contribution in [2.24, 2.45) is 0 Å². The number of rotatable bonds is 15. The molecular weight excluding hydrogens is 1090 g/mol. The molecule has 0 fully saturated rings. The summed E-state index contributed by atoms with van der Waals surface area (Å²) in [5, 5.41) is -16.4. The van der Waals surface area contributed by atoms with Gasteiger partial charge >= 0.3 is 75.1 Å². The van der Waals surface area contributed by atoms with Crippen molar-refractivity contribution in [1.29, 1.82) is 0 Å². The molecule has 0 radical (unpaired) electrons. The molecule has 2 unspecified atom stereocenters. The lowest BCUT2D eigenvalue weighted by Gasteiger charge is -2.42. The number of anilines is 2. The van der Waals surface area contributed by atoms with Gasteiger partial charge < -0.3 is 10.6 Å². The van der Waals surface area contributed by atoms with Crippen LogP contribution in [0.5, 0.6) is 0 Å². The molecule has 3 aromatic carbocycles. The van der Waals surface area contributed by atoms with Crippen LogP contribution in [0.4, 0.5) is 121 Å².